The van der Waals surface area contributed by atoms with E-state index in [-0.39, 0.29) is 11.7 Å². The van der Waals surface area contributed by atoms with E-state index in [0.29, 0.717) is 41.9 Å². The first-order valence-electron chi connectivity index (χ1n) is 8.78. The van der Waals surface area contributed by atoms with E-state index in [0.717, 1.165) is 5.56 Å². The Balaban J connectivity index is 1.98. The summed E-state index contributed by atoms with van der Waals surface area (Å²) in [6.07, 6.45) is 6.86. The summed E-state index contributed by atoms with van der Waals surface area (Å²) in [5.74, 6) is 2.17. The van der Waals surface area contributed by atoms with E-state index < -0.39 is 0 Å². The third kappa shape index (κ3) is 6.19. The molecule has 0 radical (unpaired) electrons. The fraction of sp³-hybridized carbons (Fsp3) is 0.333. The number of nitrogens with zero attached hydrogens (tertiary/aromatic N) is 1. The van der Waals surface area contributed by atoms with Gasteiger partial charge in [-0.15, -0.1) is 0 Å². The molecule has 2 rings (SSSR count). The molecule has 0 fully saturated rings. The van der Waals surface area contributed by atoms with Crippen LogP contribution in [0.2, 0.25) is 5.02 Å². The Kier molecular flexibility index (Phi) is 7.67. The van der Waals surface area contributed by atoms with Crippen LogP contribution in [0.1, 0.15) is 39.2 Å². The normalized spacial score (nSPS) is 12.2. The highest BCUT2D eigenvalue weighted by molar-refractivity contribution is 6.32. The van der Waals surface area contributed by atoms with Gasteiger partial charge in [0.25, 0.3) is 0 Å². The van der Waals surface area contributed by atoms with Crippen molar-refractivity contribution in [1.29, 1.82) is 0 Å². The summed E-state index contributed by atoms with van der Waals surface area (Å²) in [6.45, 7) is 6.42. The van der Waals surface area contributed by atoms with E-state index in [4.69, 9.17) is 21.1 Å². The maximum atomic E-state index is 11.5. The lowest BCUT2D eigenvalue weighted by molar-refractivity contribution is -0.119. The first kappa shape index (κ1) is 20.0. The van der Waals surface area contributed by atoms with E-state index in [2.05, 4.69) is 4.98 Å². The lowest BCUT2D eigenvalue weighted by atomic mass is 10.0. The van der Waals surface area contributed by atoms with Crippen LogP contribution in [0.5, 0.6) is 17.4 Å². The molecule has 0 saturated heterocycles. The number of aromatic nitrogens is 1. The van der Waals surface area contributed by atoms with Crippen molar-refractivity contribution in [3.05, 3.63) is 53.2 Å². The zero-order valence-electron chi connectivity index (χ0n) is 15.4. The van der Waals surface area contributed by atoms with Gasteiger partial charge in [-0.2, -0.15) is 0 Å². The monoisotopic (exact) mass is 373 g/mol. The first-order valence-corrected chi connectivity index (χ1v) is 9.15. The van der Waals surface area contributed by atoms with Crippen molar-refractivity contribution >= 4 is 23.5 Å². The minimum absolute atomic E-state index is 0.209. The minimum atomic E-state index is 0.209. The molecule has 1 aromatic carbocycles. The largest absolute Gasteiger partial charge is 0.494 e. The average Bonchev–Trinajstić information content (AvgIpc) is 2.63. The van der Waals surface area contributed by atoms with Crippen LogP contribution in [0, 0.1) is 5.92 Å². The van der Waals surface area contributed by atoms with Crippen LogP contribution in [0.3, 0.4) is 0 Å². The van der Waals surface area contributed by atoms with Gasteiger partial charge < -0.3 is 9.47 Å². The molecule has 1 heterocycles. The number of carbonyl (C=O) groups excluding carboxylic acids is 1. The fourth-order valence-electron chi connectivity index (χ4n) is 2.33. The lowest BCUT2D eigenvalue weighted by Gasteiger charge is -2.09. The standard InChI is InChI=1S/C21H24ClNO3/c1-4-17(24)12-15(3)6-7-16-8-11-21(23-14-16)26-20-10-9-18(25-5-2)13-19(20)22/h6-11,13-15H,4-5,12H2,1-3H3/b7-6+/t15-/m0/s1. The number of ether oxygens (including phenoxy) is 2. The third-order valence-corrected chi connectivity index (χ3v) is 4.04. The summed E-state index contributed by atoms with van der Waals surface area (Å²) in [4.78, 5) is 15.8. The molecule has 1 atom stereocenters. The van der Waals surface area contributed by atoms with Crippen LogP contribution >= 0.6 is 11.6 Å². The predicted molar refractivity (Wildman–Crippen MR) is 105 cm³/mol. The van der Waals surface area contributed by atoms with Gasteiger partial charge in [-0.1, -0.05) is 37.6 Å². The number of rotatable bonds is 9. The van der Waals surface area contributed by atoms with Gasteiger partial charge >= 0.3 is 0 Å². The van der Waals surface area contributed by atoms with Crippen LogP contribution in [0.15, 0.2) is 42.6 Å². The smallest absolute Gasteiger partial charge is 0.219 e. The number of Topliss-reactive ketones (excluding diaryl/α,β-unsaturated/α-hetero) is 1. The molecule has 0 aliphatic heterocycles. The highest BCUT2D eigenvalue weighted by Gasteiger charge is 2.07. The van der Waals surface area contributed by atoms with Gasteiger partial charge in [0.1, 0.15) is 17.3 Å². The highest BCUT2D eigenvalue weighted by Crippen LogP contribution is 2.31. The number of hydrogen-bond donors (Lipinski definition) is 0. The maximum Gasteiger partial charge on any atom is 0.219 e. The topological polar surface area (TPSA) is 48.4 Å². The van der Waals surface area contributed by atoms with Crippen LogP contribution in [0.4, 0.5) is 0 Å². The number of benzene rings is 1. The molecule has 138 valence electrons. The Labute approximate surface area is 159 Å². The van der Waals surface area contributed by atoms with Gasteiger partial charge in [-0.05, 0) is 36.6 Å². The molecule has 5 heteroatoms. The average molecular weight is 374 g/mol. The summed E-state index contributed by atoms with van der Waals surface area (Å²) in [5.41, 5.74) is 0.950. The molecule has 26 heavy (non-hydrogen) atoms. The SMILES string of the molecule is CCOc1ccc(Oc2ccc(/C=C/[C@H](C)CC(=O)CC)cn2)c(Cl)c1. The summed E-state index contributed by atoms with van der Waals surface area (Å²) in [6, 6.07) is 8.98. The van der Waals surface area contributed by atoms with Crippen molar-refractivity contribution in [2.75, 3.05) is 6.61 Å². The minimum Gasteiger partial charge on any atom is -0.494 e. The molecule has 0 amide bonds. The van der Waals surface area contributed by atoms with Crippen molar-refractivity contribution < 1.29 is 14.3 Å². The molecule has 0 aliphatic rings. The Morgan fingerprint density at radius 3 is 2.69 bits per heavy atom. The number of allylic oxidation sites excluding steroid dienone is 1. The summed E-state index contributed by atoms with van der Waals surface area (Å²) < 4.78 is 11.1. The molecule has 2 aromatic rings. The summed E-state index contributed by atoms with van der Waals surface area (Å²) >= 11 is 6.21. The van der Waals surface area contributed by atoms with Crippen LogP contribution in [-0.2, 0) is 4.79 Å². The summed E-state index contributed by atoms with van der Waals surface area (Å²) in [7, 11) is 0. The highest BCUT2D eigenvalue weighted by atomic mass is 35.5. The zero-order valence-corrected chi connectivity index (χ0v) is 16.1. The van der Waals surface area contributed by atoms with Gasteiger partial charge in [0.15, 0.2) is 0 Å². The third-order valence-electron chi connectivity index (χ3n) is 3.75. The predicted octanol–water partition coefficient (Wildman–Crippen LogP) is 5.94. The second kappa shape index (κ2) is 9.97. The molecular weight excluding hydrogens is 350 g/mol. The lowest BCUT2D eigenvalue weighted by Crippen LogP contribution is -2.01. The Bertz CT molecular complexity index is 756. The first-order chi connectivity index (χ1) is 12.5. The van der Waals surface area contributed by atoms with Crippen molar-refractivity contribution in [1.82, 2.24) is 4.98 Å². The van der Waals surface area contributed by atoms with Crippen molar-refractivity contribution in [3.8, 4) is 17.4 Å². The molecule has 0 aliphatic carbocycles. The molecule has 0 bridgehead atoms. The zero-order chi connectivity index (χ0) is 18.9. The van der Waals surface area contributed by atoms with Crippen molar-refractivity contribution in [3.63, 3.8) is 0 Å². The number of halogens is 1. The second-order valence-corrected chi connectivity index (χ2v) is 6.40. The molecule has 4 nitrogen and oxygen atoms in total. The molecule has 0 unspecified atom stereocenters. The molecule has 0 saturated carbocycles. The van der Waals surface area contributed by atoms with Gasteiger partial charge in [0.05, 0.1) is 11.6 Å². The molecule has 0 N–H and O–H groups in total. The van der Waals surface area contributed by atoms with Gasteiger partial charge in [-0.25, -0.2) is 4.98 Å². The van der Waals surface area contributed by atoms with Gasteiger partial charge in [0, 0.05) is 31.2 Å². The summed E-state index contributed by atoms with van der Waals surface area (Å²) in [5, 5.41) is 0.469. The van der Waals surface area contributed by atoms with Crippen LogP contribution in [0.25, 0.3) is 6.08 Å². The van der Waals surface area contributed by atoms with E-state index >= 15 is 0 Å². The molecular formula is C21H24ClNO3. The maximum absolute atomic E-state index is 11.5. The van der Waals surface area contributed by atoms with Gasteiger partial charge in [-0.3, -0.25) is 4.79 Å². The Hall–Kier alpha value is -2.33. The van der Waals surface area contributed by atoms with Crippen molar-refractivity contribution in [2.24, 2.45) is 5.92 Å². The van der Waals surface area contributed by atoms with Crippen LogP contribution in [-0.4, -0.2) is 17.4 Å². The number of hydrogen-bond acceptors (Lipinski definition) is 4. The second-order valence-electron chi connectivity index (χ2n) is 5.99. The van der Waals surface area contributed by atoms with E-state index in [9.17, 15) is 4.79 Å². The number of pyridine rings is 1. The van der Waals surface area contributed by atoms with E-state index in [1.54, 1.807) is 30.5 Å². The van der Waals surface area contributed by atoms with Gasteiger partial charge in [0.2, 0.25) is 5.88 Å². The molecule has 1 aromatic heterocycles. The fourth-order valence-corrected chi connectivity index (χ4v) is 2.54. The Morgan fingerprint density at radius 1 is 1.27 bits per heavy atom. The quantitative estimate of drug-likeness (QED) is 0.545. The Morgan fingerprint density at radius 2 is 2.08 bits per heavy atom. The van der Waals surface area contributed by atoms with Crippen LogP contribution < -0.4 is 9.47 Å². The van der Waals surface area contributed by atoms with E-state index in [1.165, 1.54) is 0 Å². The number of carbonyl (C=O) groups is 1. The van der Waals surface area contributed by atoms with Crippen molar-refractivity contribution in [2.45, 2.75) is 33.6 Å². The number of ketones is 1. The molecule has 0 spiro atoms. The van der Waals surface area contributed by atoms with E-state index in [1.807, 2.05) is 39.0 Å².